The Balaban J connectivity index is 1.74. The molecule has 0 N–H and O–H groups in total. The number of carbonyl (C=O) groups excluding carboxylic acids is 1. The average molecular weight is 339 g/mol. The Labute approximate surface area is 136 Å². The summed E-state index contributed by atoms with van der Waals surface area (Å²) in [7, 11) is -3.08. The molecule has 1 heterocycles. The molecule has 4 nitrogen and oxygen atoms in total. The lowest BCUT2D eigenvalue weighted by Crippen LogP contribution is -2.40. The van der Waals surface area contributed by atoms with Crippen LogP contribution >= 0.6 is 0 Å². The number of hydrogen-bond acceptors (Lipinski definition) is 3. The van der Waals surface area contributed by atoms with Crippen molar-refractivity contribution in [1.29, 1.82) is 0 Å². The number of nitrogens with zero attached hydrogens (tertiary/aromatic N) is 1. The van der Waals surface area contributed by atoms with E-state index in [9.17, 15) is 17.6 Å². The Kier molecular flexibility index (Phi) is 3.99. The Morgan fingerprint density at radius 1 is 1.39 bits per heavy atom. The van der Waals surface area contributed by atoms with Crippen LogP contribution in [0.4, 0.5) is 4.39 Å². The summed E-state index contributed by atoms with van der Waals surface area (Å²) in [5.74, 6) is -0.228. The van der Waals surface area contributed by atoms with Gasteiger partial charge in [-0.1, -0.05) is 6.07 Å². The summed E-state index contributed by atoms with van der Waals surface area (Å²) in [4.78, 5) is 14.5. The van der Waals surface area contributed by atoms with Gasteiger partial charge in [0.05, 0.1) is 11.8 Å². The molecule has 1 atom stereocenters. The molecule has 0 saturated heterocycles. The first-order valence-corrected chi connectivity index (χ1v) is 10.0. The summed E-state index contributed by atoms with van der Waals surface area (Å²) in [6, 6.07) is 4.57. The number of sulfone groups is 1. The normalized spacial score (nSPS) is 22.6. The fraction of sp³-hybridized carbons (Fsp3) is 0.588. The lowest BCUT2D eigenvalue weighted by Gasteiger charge is -2.36. The molecule has 2 aliphatic rings. The van der Waals surface area contributed by atoms with Crippen molar-refractivity contribution < 1.29 is 17.6 Å². The van der Waals surface area contributed by atoms with E-state index in [2.05, 4.69) is 0 Å². The molecule has 1 aromatic rings. The third-order valence-electron chi connectivity index (χ3n) is 5.02. The van der Waals surface area contributed by atoms with Gasteiger partial charge in [-0.2, -0.15) is 0 Å². The van der Waals surface area contributed by atoms with E-state index in [0.717, 1.165) is 24.0 Å². The molecule has 1 aromatic carbocycles. The molecule has 0 radical (unpaired) electrons. The maximum atomic E-state index is 13.5. The van der Waals surface area contributed by atoms with E-state index in [0.29, 0.717) is 13.0 Å². The van der Waals surface area contributed by atoms with Gasteiger partial charge in [0.1, 0.15) is 15.7 Å². The predicted octanol–water partition coefficient (Wildman–Crippen LogP) is 2.49. The summed E-state index contributed by atoms with van der Waals surface area (Å²) in [6.45, 7) is 2.51. The van der Waals surface area contributed by atoms with Crippen molar-refractivity contribution in [3.05, 3.63) is 35.1 Å². The molecule has 0 bridgehead atoms. The van der Waals surface area contributed by atoms with Gasteiger partial charge in [0.2, 0.25) is 5.91 Å². The van der Waals surface area contributed by atoms with E-state index in [-0.39, 0.29) is 35.4 Å². The van der Waals surface area contributed by atoms with Crippen LogP contribution in [-0.2, 0) is 21.1 Å². The molecule has 0 unspecified atom stereocenters. The predicted molar refractivity (Wildman–Crippen MR) is 86.2 cm³/mol. The maximum Gasteiger partial charge on any atom is 0.223 e. The van der Waals surface area contributed by atoms with Crippen molar-refractivity contribution in [2.45, 2.75) is 38.6 Å². The zero-order valence-corrected chi connectivity index (χ0v) is 14.3. The Morgan fingerprint density at radius 2 is 2.09 bits per heavy atom. The monoisotopic (exact) mass is 339 g/mol. The highest BCUT2D eigenvalue weighted by Gasteiger charge is 2.47. The molecule has 1 aliphatic heterocycles. The van der Waals surface area contributed by atoms with Crippen LogP contribution in [0.1, 0.15) is 43.4 Å². The van der Waals surface area contributed by atoms with E-state index >= 15 is 0 Å². The Hall–Kier alpha value is -1.43. The van der Waals surface area contributed by atoms with E-state index in [4.69, 9.17) is 0 Å². The maximum absolute atomic E-state index is 13.5. The standard InChI is InChI=1S/C17H22FNO3S/c1-12-15-9-14(18)4-3-13(15)5-8-19(12)16(20)10-17(6-7-17)11-23(2,21)22/h3-4,9,12H,5-8,10-11H2,1-2H3/t12-/m1/s1. The van der Waals surface area contributed by atoms with Crippen LogP contribution in [0.15, 0.2) is 18.2 Å². The molecule has 23 heavy (non-hydrogen) atoms. The average Bonchev–Trinajstić information content (AvgIpc) is 3.16. The van der Waals surface area contributed by atoms with Crippen LogP contribution in [0.25, 0.3) is 0 Å². The molecule has 0 spiro atoms. The number of hydrogen-bond donors (Lipinski definition) is 0. The third kappa shape index (κ3) is 3.57. The van der Waals surface area contributed by atoms with Gasteiger partial charge >= 0.3 is 0 Å². The van der Waals surface area contributed by atoms with E-state index in [1.165, 1.54) is 18.4 Å². The fourth-order valence-corrected chi connectivity index (χ4v) is 5.16. The SMILES string of the molecule is C[C@@H]1c2cc(F)ccc2CCN1C(=O)CC1(CS(C)(=O)=O)CC1. The Bertz CT molecular complexity index is 740. The minimum absolute atomic E-state index is 0.0199. The van der Waals surface area contributed by atoms with Gasteiger partial charge in [-0.15, -0.1) is 0 Å². The van der Waals surface area contributed by atoms with Crippen molar-refractivity contribution in [1.82, 2.24) is 4.90 Å². The van der Waals surface area contributed by atoms with Crippen LogP contribution in [0.2, 0.25) is 0 Å². The molecular weight excluding hydrogens is 317 g/mol. The molecule has 1 aliphatic carbocycles. The highest BCUT2D eigenvalue weighted by atomic mass is 32.2. The largest absolute Gasteiger partial charge is 0.336 e. The molecule has 1 amide bonds. The number of carbonyl (C=O) groups is 1. The molecule has 3 rings (SSSR count). The van der Waals surface area contributed by atoms with Crippen LogP contribution in [-0.4, -0.2) is 37.8 Å². The second kappa shape index (κ2) is 5.58. The van der Waals surface area contributed by atoms with Gasteiger partial charge in [-0.05, 0) is 54.9 Å². The first-order valence-electron chi connectivity index (χ1n) is 7.95. The molecule has 6 heteroatoms. The summed E-state index contributed by atoms with van der Waals surface area (Å²) in [5.41, 5.74) is 1.57. The first kappa shape index (κ1) is 16.4. The number of fused-ring (bicyclic) bond motifs is 1. The van der Waals surface area contributed by atoms with Gasteiger partial charge in [0.15, 0.2) is 0 Å². The fourth-order valence-electron chi connectivity index (χ4n) is 3.65. The molecule has 0 aromatic heterocycles. The zero-order valence-electron chi connectivity index (χ0n) is 13.5. The van der Waals surface area contributed by atoms with Gasteiger partial charge in [-0.25, -0.2) is 12.8 Å². The number of rotatable bonds is 4. The summed E-state index contributed by atoms with van der Waals surface area (Å²) >= 11 is 0. The van der Waals surface area contributed by atoms with Crippen LogP contribution in [0.5, 0.6) is 0 Å². The quantitative estimate of drug-likeness (QED) is 0.847. The third-order valence-corrected chi connectivity index (χ3v) is 6.16. The minimum Gasteiger partial charge on any atom is -0.336 e. The highest BCUT2D eigenvalue weighted by Crippen LogP contribution is 2.50. The number of halogens is 1. The highest BCUT2D eigenvalue weighted by molar-refractivity contribution is 7.90. The number of amides is 1. The second-order valence-corrected chi connectivity index (χ2v) is 9.24. The lowest BCUT2D eigenvalue weighted by atomic mass is 9.92. The molecule has 126 valence electrons. The van der Waals surface area contributed by atoms with Crippen molar-refractivity contribution in [3.8, 4) is 0 Å². The molecule has 1 saturated carbocycles. The summed E-state index contributed by atoms with van der Waals surface area (Å²) in [6.07, 6.45) is 3.79. The van der Waals surface area contributed by atoms with Crippen LogP contribution in [0, 0.1) is 11.2 Å². The van der Waals surface area contributed by atoms with Crippen molar-refractivity contribution in [2.75, 3.05) is 18.6 Å². The molecular formula is C17H22FNO3S. The smallest absolute Gasteiger partial charge is 0.223 e. The van der Waals surface area contributed by atoms with Gasteiger partial charge in [0.25, 0.3) is 0 Å². The Morgan fingerprint density at radius 3 is 2.70 bits per heavy atom. The van der Waals surface area contributed by atoms with Gasteiger partial charge in [0, 0.05) is 19.2 Å². The van der Waals surface area contributed by atoms with Crippen molar-refractivity contribution in [3.63, 3.8) is 0 Å². The number of benzene rings is 1. The summed E-state index contributed by atoms with van der Waals surface area (Å²) in [5, 5.41) is 0. The zero-order chi connectivity index (χ0) is 16.8. The first-order chi connectivity index (χ1) is 10.7. The van der Waals surface area contributed by atoms with Gasteiger partial charge < -0.3 is 4.90 Å². The summed E-state index contributed by atoms with van der Waals surface area (Å²) < 4.78 is 36.6. The van der Waals surface area contributed by atoms with E-state index in [1.54, 1.807) is 11.0 Å². The lowest BCUT2D eigenvalue weighted by molar-refractivity contribution is -0.134. The van der Waals surface area contributed by atoms with E-state index in [1.807, 2.05) is 6.92 Å². The van der Waals surface area contributed by atoms with Gasteiger partial charge in [-0.3, -0.25) is 4.79 Å². The molecule has 1 fully saturated rings. The van der Waals surface area contributed by atoms with Crippen LogP contribution < -0.4 is 0 Å². The van der Waals surface area contributed by atoms with Crippen LogP contribution in [0.3, 0.4) is 0 Å². The van der Waals surface area contributed by atoms with Crippen molar-refractivity contribution >= 4 is 15.7 Å². The van der Waals surface area contributed by atoms with E-state index < -0.39 is 9.84 Å². The van der Waals surface area contributed by atoms with Crippen molar-refractivity contribution in [2.24, 2.45) is 5.41 Å². The minimum atomic E-state index is -3.08. The topological polar surface area (TPSA) is 54.5 Å². The second-order valence-electron chi connectivity index (χ2n) is 7.10.